The lowest BCUT2D eigenvalue weighted by Gasteiger charge is -2.19. The number of hydrogen-bond donors (Lipinski definition) is 2. The molecule has 0 aliphatic carbocycles. The van der Waals surface area contributed by atoms with E-state index in [4.69, 9.17) is 0 Å². The van der Waals surface area contributed by atoms with E-state index < -0.39 is 5.97 Å². The smallest absolute Gasteiger partial charge is 0.340 e. The summed E-state index contributed by atoms with van der Waals surface area (Å²) in [5.74, 6) is -0.187. The van der Waals surface area contributed by atoms with Crippen LogP contribution in [0.25, 0.3) is 10.9 Å². The van der Waals surface area contributed by atoms with Crippen LogP contribution in [0.5, 0.6) is 0 Å². The van der Waals surface area contributed by atoms with Crippen LogP contribution < -0.4 is 4.90 Å². The van der Waals surface area contributed by atoms with Crippen molar-refractivity contribution in [1.82, 2.24) is 4.98 Å². The fourth-order valence-corrected chi connectivity index (χ4v) is 2.12. The van der Waals surface area contributed by atoms with E-state index in [0.29, 0.717) is 11.4 Å². The van der Waals surface area contributed by atoms with Crippen molar-refractivity contribution in [2.75, 3.05) is 18.0 Å². The summed E-state index contributed by atoms with van der Waals surface area (Å²) in [6.07, 6.45) is 0. The summed E-state index contributed by atoms with van der Waals surface area (Å²) >= 11 is 0. The van der Waals surface area contributed by atoms with Crippen LogP contribution >= 0.6 is 0 Å². The first-order valence-electron chi connectivity index (χ1n) is 5.78. The Morgan fingerprint density at radius 1 is 1.29 bits per heavy atom. The molecular formula is C13H16N2O2. The molecule has 0 bridgehead atoms. The second-order valence-corrected chi connectivity index (χ2v) is 3.87. The second kappa shape index (κ2) is 4.49. The summed E-state index contributed by atoms with van der Waals surface area (Å²) in [5.41, 5.74) is 1.23. The molecule has 0 saturated carbocycles. The fraction of sp³-hybridized carbons (Fsp3) is 0.308. The lowest BCUT2D eigenvalue weighted by molar-refractivity contribution is 0.0700. The number of hydrogen-bond acceptors (Lipinski definition) is 2. The maximum absolute atomic E-state index is 11.4. The second-order valence-electron chi connectivity index (χ2n) is 3.87. The number of H-pyrrole nitrogens is 1. The Hall–Kier alpha value is -1.97. The van der Waals surface area contributed by atoms with Crippen molar-refractivity contribution in [3.05, 3.63) is 29.8 Å². The van der Waals surface area contributed by atoms with E-state index in [9.17, 15) is 9.90 Å². The summed E-state index contributed by atoms with van der Waals surface area (Å²) in [5, 5.41) is 10.1. The molecule has 4 nitrogen and oxygen atoms in total. The van der Waals surface area contributed by atoms with Gasteiger partial charge >= 0.3 is 5.97 Å². The van der Waals surface area contributed by atoms with Gasteiger partial charge in [-0.25, -0.2) is 4.79 Å². The number of nitrogens with one attached hydrogen (secondary N) is 1. The topological polar surface area (TPSA) is 56.3 Å². The molecule has 0 saturated heterocycles. The Labute approximate surface area is 99.9 Å². The van der Waals surface area contributed by atoms with Gasteiger partial charge in [0.15, 0.2) is 0 Å². The highest BCUT2D eigenvalue weighted by molar-refractivity contribution is 6.08. The molecular weight excluding hydrogens is 216 g/mol. The first kappa shape index (κ1) is 11.5. The van der Waals surface area contributed by atoms with Crippen molar-refractivity contribution < 1.29 is 9.90 Å². The fourth-order valence-electron chi connectivity index (χ4n) is 2.12. The van der Waals surface area contributed by atoms with Crippen molar-refractivity contribution in [2.24, 2.45) is 0 Å². The van der Waals surface area contributed by atoms with Crippen LogP contribution in [0, 0.1) is 0 Å². The van der Waals surface area contributed by atoms with Crippen molar-refractivity contribution in [2.45, 2.75) is 13.8 Å². The molecule has 0 aliphatic heterocycles. The molecule has 0 radical (unpaired) electrons. The largest absolute Gasteiger partial charge is 0.478 e. The zero-order valence-corrected chi connectivity index (χ0v) is 10.0. The summed E-state index contributed by atoms with van der Waals surface area (Å²) in [4.78, 5) is 16.6. The highest BCUT2D eigenvalue weighted by Gasteiger charge is 2.20. The predicted molar refractivity (Wildman–Crippen MR) is 68.8 cm³/mol. The van der Waals surface area contributed by atoms with Crippen LogP contribution in [0.4, 0.5) is 5.82 Å². The van der Waals surface area contributed by atoms with E-state index in [-0.39, 0.29) is 0 Å². The summed E-state index contributed by atoms with van der Waals surface area (Å²) < 4.78 is 0. The van der Waals surface area contributed by atoms with Crippen LogP contribution in [-0.4, -0.2) is 29.1 Å². The minimum atomic E-state index is -0.885. The van der Waals surface area contributed by atoms with Gasteiger partial charge in [-0.3, -0.25) is 0 Å². The highest BCUT2D eigenvalue weighted by Crippen LogP contribution is 2.28. The highest BCUT2D eigenvalue weighted by atomic mass is 16.4. The Kier molecular flexibility index (Phi) is 3.04. The molecule has 0 fully saturated rings. The van der Waals surface area contributed by atoms with Crippen LogP contribution in [0.1, 0.15) is 24.2 Å². The van der Waals surface area contributed by atoms with Crippen LogP contribution in [-0.2, 0) is 0 Å². The van der Waals surface area contributed by atoms with Gasteiger partial charge in [-0.1, -0.05) is 18.2 Å². The van der Waals surface area contributed by atoms with Crippen LogP contribution in [0.2, 0.25) is 0 Å². The molecule has 4 heteroatoms. The summed E-state index contributed by atoms with van der Waals surface area (Å²) in [7, 11) is 0. The number of rotatable bonds is 4. The standard InChI is InChI=1S/C13H16N2O2/c1-3-15(4-2)12-11(13(16)17)9-7-5-6-8-10(9)14-12/h5-8,14H,3-4H2,1-2H3,(H,16,17). The number of nitrogens with zero attached hydrogens (tertiary/aromatic N) is 1. The number of carbonyl (C=O) groups is 1. The number of anilines is 1. The SMILES string of the molecule is CCN(CC)c1[nH]c2ccccc2c1C(=O)O. The molecule has 1 aromatic heterocycles. The summed E-state index contributed by atoms with van der Waals surface area (Å²) in [6, 6.07) is 7.49. The third-order valence-corrected chi connectivity index (χ3v) is 2.98. The van der Waals surface area contributed by atoms with Gasteiger partial charge in [0.25, 0.3) is 0 Å². The molecule has 2 rings (SSSR count). The number of carboxylic acids is 1. The van der Waals surface area contributed by atoms with E-state index >= 15 is 0 Å². The minimum absolute atomic E-state index is 0.365. The molecule has 0 amide bonds. The average molecular weight is 232 g/mol. The van der Waals surface area contributed by atoms with E-state index in [1.54, 1.807) is 0 Å². The molecule has 0 aliphatic rings. The Morgan fingerprint density at radius 2 is 1.94 bits per heavy atom. The van der Waals surface area contributed by atoms with Crippen molar-refractivity contribution >= 4 is 22.7 Å². The lowest BCUT2D eigenvalue weighted by Crippen LogP contribution is -2.24. The summed E-state index contributed by atoms with van der Waals surface area (Å²) in [6.45, 7) is 5.59. The van der Waals surface area contributed by atoms with Crippen molar-refractivity contribution in [3.8, 4) is 0 Å². The molecule has 0 atom stereocenters. The monoisotopic (exact) mass is 232 g/mol. The molecule has 1 aromatic carbocycles. The van der Waals surface area contributed by atoms with Gasteiger partial charge in [-0.15, -0.1) is 0 Å². The van der Waals surface area contributed by atoms with E-state index in [1.165, 1.54) is 0 Å². The maximum Gasteiger partial charge on any atom is 0.340 e. The first-order valence-corrected chi connectivity index (χ1v) is 5.78. The molecule has 0 spiro atoms. The van der Waals surface area contributed by atoms with E-state index in [0.717, 1.165) is 24.0 Å². The van der Waals surface area contributed by atoms with Crippen LogP contribution in [0.15, 0.2) is 24.3 Å². The zero-order chi connectivity index (χ0) is 12.4. The number of benzene rings is 1. The van der Waals surface area contributed by atoms with E-state index in [1.807, 2.05) is 43.0 Å². The van der Waals surface area contributed by atoms with Gasteiger partial charge in [-0.05, 0) is 19.9 Å². The van der Waals surface area contributed by atoms with Gasteiger partial charge in [0.05, 0.1) is 0 Å². The van der Waals surface area contributed by atoms with Crippen molar-refractivity contribution in [3.63, 3.8) is 0 Å². The van der Waals surface area contributed by atoms with Crippen molar-refractivity contribution in [1.29, 1.82) is 0 Å². The third-order valence-electron chi connectivity index (χ3n) is 2.98. The third kappa shape index (κ3) is 1.86. The van der Waals surface area contributed by atoms with Gasteiger partial charge in [0.2, 0.25) is 0 Å². The molecule has 2 aromatic rings. The first-order chi connectivity index (χ1) is 8.19. The Bertz CT molecular complexity index is 541. The quantitative estimate of drug-likeness (QED) is 0.852. The Balaban J connectivity index is 2.69. The number of aromatic amines is 1. The Morgan fingerprint density at radius 3 is 2.53 bits per heavy atom. The molecule has 90 valence electrons. The number of aromatic nitrogens is 1. The van der Waals surface area contributed by atoms with E-state index in [2.05, 4.69) is 4.98 Å². The number of fused-ring (bicyclic) bond motifs is 1. The van der Waals surface area contributed by atoms with Gasteiger partial charge in [-0.2, -0.15) is 0 Å². The average Bonchev–Trinajstić information content (AvgIpc) is 2.69. The number of para-hydroxylation sites is 1. The normalized spacial score (nSPS) is 10.7. The number of aromatic carboxylic acids is 1. The van der Waals surface area contributed by atoms with Crippen LogP contribution in [0.3, 0.4) is 0 Å². The number of carboxylic acid groups (broad SMARTS) is 1. The van der Waals surface area contributed by atoms with Gasteiger partial charge in [0.1, 0.15) is 11.4 Å². The molecule has 1 heterocycles. The molecule has 17 heavy (non-hydrogen) atoms. The minimum Gasteiger partial charge on any atom is -0.478 e. The zero-order valence-electron chi connectivity index (χ0n) is 10.0. The van der Waals surface area contributed by atoms with Gasteiger partial charge in [0, 0.05) is 24.0 Å². The maximum atomic E-state index is 11.4. The van der Waals surface area contributed by atoms with Gasteiger partial charge < -0.3 is 15.0 Å². The lowest BCUT2D eigenvalue weighted by atomic mass is 10.1. The predicted octanol–water partition coefficient (Wildman–Crippen LogP) is 2.71. The molecule has 0 unspecified atom stereocenters. The molecule has 2 N–H and O–H groups in total.